The van der Waals surface area contributed by atoms with E-state index >= 15 is 0 Å². The van der Waals surface area contributed by atoms with Crippen molar-refractivity contribution in [3.63, 3.8) is 0 Å². The highest BCUT2D eigenvalue weighted by Crippen LogP contribution is 2.27. The number of aryl methyl sites for hydroxylation is 1. The van der Waals surface area contributed by atoms with Crippen LogP contribution in [0.4, 0.5) is 0 Å². The average molecular weight is 396 g/mol. The molecule has 1 aromatic heterocycles. The fraction of sp³-hybridized carbons (Fsp3) is 0.435. The van der Waals surface area contributed by atoms with Crippen LogP contribution in [0.3, 0.4) is 0 Å². The number of likely N-dealkylation sites (tertiary alicyclic amines) is 1. The van der Waals surface area contributed by atoms with Gasteiger partial charge < -0.3 is 19.5 Å². The number of benzene rings is 2. The summed E-state index contributed by atoms with van der Waals surface area (Å²) in [6.07, 6.45) is 5.77. The first-order valence-corrected chi connectivity index (χ1v) is 10.2. The summed E-state index contributed by atoms with van der Waals surface area (Å²) in [6, 6.07) is 12.4. The summed E-state index contributed by atoms with van der Waals surface area (Å²) in [5.41, 5.74) is 2.22. The summed E-state index contributed by atoms with van der Waals surface area (Å²) < 4.78 is 13.1. The van der Waals surface area contributed by atoms with Gasteiger partial charge in [0.15, 0.2) is 0 Å². The van der Waals surface area contributed by atoms with E-state index in [1.54, 1.807) is 11.8 Å². The summed E-state index contributed by atoms with van der Waals surface area (Å²) in [6.45, 7) is 2.85. The summed E-state index contributed by atoms with van der Waals surface area (Å²) in [7, 11) is 3.69. The molecule has 1 aliphatic rings. The van der Waals surface area contributed by atoms with Crippen LogP contribution in [0.2, 0.25) is 0 Å². The first-order chi connectivity index (χ1) is 14.1. The second-order valence-electron chi connectivity index (χ2n) is 7.83. The molecule has 4 rings (SSSR count). The Hall–Kier alpha value is -2.41. The quantitative estimate of drug-likeness (QED) is 0.666. The molecule has 0 saturated carbocycles. The van der Waals surface area contributed by atoms with Crippen molar-refractivity contribution in [1.82, 2.24) is 14.7 Å². The maximum atomic E-state index is 10.4. The molecule has 0 bridgehead atoms. The van der Waals surface area contributed by atoms with E-state index < -0.39 is 6.10 Å². The number of aliphatic hydroxyl groups is 1. The predicted molar refractivity (Wildman–Crippen MR) is 114 cm³/mol. The summed E-state index contributed by atoms with van der Waals surface area (Å²) in [4.78, 5) is 2.28. The van der Waals surface area contributed by atoms with Crippen molar-refractivity contribution < 1.29 is 14.6 Å². The maximum Gasteiger partial charge on any atom is 0.120 e. The number of rotatable bonds is 7. The molecule has 2 aromatic carbocycles. The summed E-state index contributed by atoms with van der Waals surface area (Å²) in [5.74, 6) is 0.776. The van der Waals surface area contributed by atoms with E-state index in [-0.39, 0.29) is 6.61 Å². The number of nitrogens with zero attached hydrogens (tertiary/aromatic N) is 3. The molecular formula is C23H29N3O3. The van der Waals surface area contributed by atoms with E-state index in [1.165, 1.54) is 0 Å². The number of ether oxygens (including phenoxy) is 2. The van der Waals surface area contributed by atoms with Crippen LogP contribution in [0.15, 0.2) is 48.8 Å². The highest BCUT2D eigenvalue weighted by molar-refractivity contribution is 5.88. The third kappa shape index (κ3) is 4.96. The van der Waals surface area contributed by atoms with Crippen molar-refractivity contribution in [3.8, 4) is 16.9 Å². The van der Waals surface area contributed by atoms with Gasteiger partial charge in [0, 0.05) is 45.6 Å². The van der Waals surface area contributed by atoms with Crippen LogP contribution in [0.5, 0.6) is 5.75 Å². The van der Waals surface area contributed by atoms with Crippen LogP contribution in [0.25, 0.3) is 21.9 Å². The minimum atomic E-state index is -0.508. The third-order valence-corrected chi connectivity index (χ3v) is 5.63. The molecular weight excluding hydrogens is 366 g/mol. The van der Waals surface area contributed by atoms with Crippen LogP contribution in [0.1, 0.15) is 12.8 Å². The molecule has 3 aromatic rings. The van der Waals surface area contributed by atoms with Gasteiger partial charge in [0.2, 0.25) is 0 Å². The maximum absolute atomic E-state index is 10.4. The number of hydrogen-bond acceptors (Lipinski definition) is 5. The molecule has 29 heavy (non-hydrogen) atoms. The fourth-order valence-electron chi connectivity index (χ4n) is 3.94. The normalized spacial score (nSPS) is 16.9. The van der Waals surface area contributed by atoms with Gasteiger partial charge in [-0.2, -0.15) is 5.10 Å². The van der Waals surface area contributed by atoms with E-state index in [2.05, 4.69) is 34.3 Å². The van der Waals surface area contributed by atoms with Crippen LogP contribution in [-0.2, 0) is 11.8 Å². The predicted octanol–water partition coefficient (Wildman–Crippen LogP) is 3.09. The van der Waals surface area contributed by atoms with Gasteiger partial charge in [0.05, 0.1) is 12.3 Å². The van der Waals surface area contributed by atoms with Crippen LogP contribution >= 0.6 is 0 Å². The van der Waals surface area contributed by atoms with Gasteiger partial charge in [-0.3, -0.25) is 4.68 Å². The zero-order valence-electron chi connectivity index (χ0n) is 17.1. The lowest BCUT2D eigenvalue weighted by Gasteiger charge is -2.32. The monoisotopic (exact) mass is 395 g/mol. The van der Waals surface area contributed by atoms with E-state index in [0.717, 1.165) is 53.6 Å². The standard InChI is InChI=1S/C23H29N3O3/c1-25-14-20(13-24-25)18-4-3-17-5-6-23(12-19(17)11-18)29-16-21(27)15-26-9-7-22(28-2)8-10-26/h3-6,11-14,21-22,27H,7-10,15-16H2,1-2H3. The van der Waals surface area contributed by atoms with Gasteiger partial charge in [-0.1, -0.05) is 18.2 Å². The first kappa shape index (κ1) is 19.9. The number of fused-ring (bicyclic) bond motifs is 1. The lowest BCUT2D eigenvalue weighted by molar-refractivity contribution is 0.0153. The number of aromatic nitrogens is 2. The smallest absolute Gasteiger partial charge is 0.120 e. The Balaban J connectivity index is 1.36. The number of aliphatic hydroxyl groups excluding tert-OH is 1. The SMILES string of the molecule is COC1CCN(CC(O)COc2ccc3ccc(-c4cnn(C)c4)cc3c2)CC1. The highest BCUT2D eigenvalue weighted by atomic mass is 16.5. The minimum absolute atomic E-state index is 0.290. The molecule has 2 heterocycles. The molecule has 0 radical (unpaired) electrons. The number of piperidine rings is 1. The molecule has 6 heteroatoms. The second-order valence-corrected chi connectivity index (χ2v) is 7.83. The molecule has 154 valence electrons. The van der Waals surface area contributed by atoms with Gasteiger partial charge in [0.1, 0.15) is 18.5 Å². The Bertz CT molecular complexity index is 947. The van der Waals surface area contributed by atoms with Crippen molar-refractivity contribution in [3.05, 3.63) is 48.8 Å². The first-order valence-electron chi connectivity index (χ1n) is 10.2. The molecule has 1 unspecified atom stereocenters. The molecule has 1 saturated heterocycles. The molecule has 1 atom stereocenters. The van der Waals surface area contributed by atoms with Crippen molar-refractivity contribution in [2.45, 2.75) is 25.0 Å². The lowest BCUT2D eigenvalue weighted by atomic mass is 10.0. The van der Waals surface area contributed by atoms with Gasteiger partial charge in [-0.25, -0.2) is 0 Å². The van der Waals surface area contributed by atoms with Gasteiger partial charge in [-0.05, 0) is 47.4 Å². The van der Waals surface area contributed by atoms with Crippen molar-refractivity contribution >= 4 is 10.8 Å². The summed E-state index contributed by atoms with van der Waals surface area (Å²) in [5, 5.41) is 16.9. The largest absolute Gasteiger partial charge is 0.491 e. The molecule has 0 amide bonds. The van der Waals surface area contributed by atoms with Gasteiger partial charge in [-0.15, -0.1) is 0 Å². The van der Waals surface area contributed by atoms with Gasteiger partial charge >= 0.3 is 0 Å². The molecule has 6 nitrogen and oxygen atoms in total. The molecule has 1 aliphatic heterocycles. The minimum Gasteiger partial charge on any atom is -0.491 e. The fourth-order valence-corrected chi connectivity index (χ4v) is 3.94. The second kappa shape index (κ2) is 8.95. The highest BCUT2D eigenvalue weighted by Gasteiger charge is 2.20. The average Bonchev–Trinajstić information content (AvgIpc) is 3.18. The Morgan fingerprint density at radius 2 is 1.90 bits per heavy atom. The van der Waals surface area contributed by atoms with E-state index in [9.17, 15) is 5.11 Å². The Morgan fingerprint density at radius 1 is 1.10 bits per heavy atom. The van der Waals surface area contributed by atoms with Crippen molar-refractivity contribution in [2.75, 3.05) is 33.4 Å². The van der Waals surface area contributed by atoms with Gasteiger partial charge in [0.25, 0.3) is 0 Å². The number of hydrogen-bond donors (Lipinski definition) is 1. The molecule has 1 fully saturated rings. The van der Waals surface area contributed by atoms with E-state index in [0.29, 0.717) is 12.6 Å². The van der Waals surface area contributed by atoms with Crippen LogP contribution in [-0.4, -0.2) is 65.3 Å². The van der Waals surface area contributed by atoms with Crippen molar-refractivity contribution in [2.24, 2.45) is 7.05 Å². The Morgan fingerprint density at radius 3 is 2.62 bits per heavy atom. The molecule has 1 N–H and O–H groups in total. The molecule has 0 aliphatic carbocycles. The Kier molecular flexibility index (Phi) is 6.13. The number of methoxy groups -OCH3 is 1. The Labute approximate surface area is 171 Å². The van der Waals surface area contributed by atoms with Crippen molar-refractivity contribution in [1.29, 1.82) is 0 Å². The van der Waals surface area contributed by atoms with E-state index in [1.807, 2.05) is 31.6 Å². The zero-order valence-corrected chi connectivity index (χ0v) is 17.1. The van der Waals surface area contributed by atoms with Crippen LogP contribution in [0, 0.1) is 0 Å². The molecule has 0 spiro atoms. The van der Waals surface area contributed by atoms with E-state index in [4.69, 9.17) is 9.47 Å². The topological polar surface area (TPSA) is 59.8 Å². The third-order valence-electron chi connectivity index (χ3n) is 5.63. The summed E-state index contributed by atoms with van der Waals surface area (Å²) >= 11 is 0. The zero-order chi connectivity index (χ0) is 20.2. The van der Waals surface area contributed by atoms with Crippen LogP contribution < -0.4 is 4.74 Å². The number of β-amino-alcohol motifs (C(OH)–C–C–N with tert-alkyl or cyclic N) is 1. The lowest BCUT2D eigenvalue weighted by Crippen LogP contribution is -2.42.